The molecule has 1 heterocycles. The van der Waals surface area contributed by atoms with Gasteiger partial charge in [-0.3, -0.25) is 0 Å². The highest BCUT2D eigenvalue weighted by Crippen LogP contribution is 2.11. The van der Waals surface area contributed by atoms with E-state index in [0.717, 1.165) is 0 Å². The van der Waals surface area contributed by atoms with Gasteiger partial charge in [0.05, 0.1) is 5.69 Å². The molecule has 4 nitrogen and oxygen atoms in total. The van der Waals surface area contributed by atoms with Crippen LogP contribution in [0.2, 0.25) is 0 Å². The highest BCUT2D eigenvalue weighted by molar-refractivity contribution is 5.23. The zero-order valence-electron chi connectivity index (χ0n) is 9.86. The van der Waals surface area contributed by atoms with Crippen molar-refractivity contribution >= 4 is 0 Å². The summed E-state index contributed by atoms with van der Waals surface area (Å²) in [4.78, 5) is 4.04. The maximum absolute atomic E-state index is 9.87. The third kappa shape index (κ3) is 3.97. The SMILES string of the molecule is CC(C)(C)NC[C@H](O)c1cccc(C#N)n1. The molecule has 0 spiro atoms. The lowest BCUT2D eigenvalue weighted by Crippen LogP contribution is -2.38. The molecule has 0 aliphatic carbocycles. The van der Waals surface area contributed by atoms with Crippen LogP contribution in [-0.2, 0) is 0 Å². The first-order valence-corrected chi connectivity index (χ1v) is 5.22. The van der Waals surface area contributed by atoms with Crippen molar-refractivity contribution in [3.8, 4) is 6.07 Å². The van der Waals surface area contributed by atoms with Crippen molar-refractivity contribution in [1.29, 1.82) is 5.26 Å². The van der Waals surface area contributed by atoms with E-state index in [4.69, 9.17) is 5.26 Å². The number of hydrogen-bond donors (Lipinski definition) is 2. The Labute approximate surface area is 95.9 Å². The van der Waals surface area contributed by atoms with Gasteiger partial charge in [-0.25, -0.2) is 4.98 Å². The van der Waals surface area contributed by atoms with Crippen molar-refractivity contribution in [2.45, 2.75) is 32.4 Å². The van der Waals surface area contributed by atoms with Gasteiger partial charge >= 0.3 is 0 Å². The lowest BCUT2D eigenvalue weighted by atomic mass is 10.1. The van der Waals surface area contributed by atoms with Crippen molar-refractivity contribution in [2.24, 2.45) is 0 Å². The average molecular weight is 219 g/mol. The van der Waals surface area contributed by atoms with E-state index in [-0.39, 0.29) is 5.54 Å². The molecular weight excluding hydrogens is 202 g/mol. The van der Waals surface area contributed by atoms with Gasteiger partial charge in [0.1, 0.15) is 17.9 Å². The normalized spacial score (nSPS) is 13.2. The first-order chi connectivity index (χ1) is 7.42. The third-order valence-electron chi connectivity index (χ3n) is 2.05. The Kier molecular flexibility index (Phi) is 3.99. The number of β-amino-alcohol motifs (C(OH)–C–C–N with tert-alkyl or cyclic N) is 1. The topological polar surface area (TPSA) is 68.9 Å². The molecule has 0 fully saturated rings. The van der Waals surface area contributed by atoms with Gasteiger partial charge < -0.3 is 10.4 Å². The fourth-order valence-electron chi connectivity index (χ4n) is 1.21. The van der Waals surface area contributed by atoms with Crippen LogP contribution < -0.4 is 5.32 Å². The molecule has 0 aliphatic rings. The molecule has 1 atom stereocenters. The number of rotatable bonds is 3. The molecule has 0 aromatic carbocycles. The van der Waals surface area contributed by atoms with E-state index in [1.54, 1.807) is 18.2 Å². The number of aliphatic hydroxyl groups excluding tert-OH is 1. The van der Waals surface area contributed by atoms with Crippen LogP contribution in [0.4, 0.5) is 0 Å². The highest BCUT2D eigenvalue weighted by Gasteiger charge is 2.14. The fraction of sp³-hybridized carbons (Fsp3) is 0.500. The maximum atomic E-state index is 9.87. The number of hydrogen-bond acceptors (Lipinski definition) is 4. The van der Waals surface area contributed by atoms with Gasteiger partial charge in [-0.2, -0.15) is 5.26 Å². The molecule has 2 N–H and O–H groups in total. The van der Waals surface area contributed by atoms with Gasteiger partial charge in [-0.05, 0) is 32.9 Å². The number of aliphatic hydroxyl groups is 1. The summed E-state index contributed by atoms with van der Waals surface area (Å²) in [5, 5.41) is 21.7. The van der Waals surface area contributed by atoms with Gasteiger partial charge in [-0.1, -0.05) is 6.07 Å². The van der Waals surface area contributed by atoms with Crippen molar-refractivity contribution < 1.29 is 5.11 Å². The highest BCUT2D eigenvalue weighted by atomic mass is 16.3. The van der Waals surface area contributed by atoms with Crippen molar-refractivity contribution in [2.75, 3.05) is 6.54 Å². The van der Waals surface area contributed by atoms with E-state index < -0.39 is 6.10 Å². The molecule has 0 saturated carbocycles. The van der Waals surface area contributed by atoms with Crippen LogP contribution in [0, 0.1) is 11.3 Å². The predicted molar refractivity (Wildman–Crippen MR) is 61.7 cm³/mol. The minimum absolute atomic E-state index is 0.0478. The van der Waals surface area contributed by atoms with E-state index in [1.807, 2.05) is 26.8 Å². The summed E-state index contributed by atoms with van der Waals surface area (Å²) in [5.74, 6) is 0. The molecule has 0 saturated heterocycles. The van der Waals surface area contributed by atoms with Gasteiger partial charge in [0, 0.05) is 12.1 Å². The molecule has 1 aromatic rings. The van der Waals surface area contributed by atoms with Crippen molar-refractivity contribution in [3.63, 3.8) is 0 Å². The van der Waals surface area contributed by atoms with Crippen LogP contribution in [0.5, 0.6) is 0 Å². The minimum atomic E-state index is -0.687. The van der Waals surface area contributed by atoms with Crippen LogP contribution in [0.15, 0.2) is 18.2 Å². The minimum Gasteiger partial charge on any atom is -0.385 e. The number of nitrogens with zero attached hydrogens (tertiary/aromatic N) is 2. The Hall–Kier alpha value is -1.44. The summed E-state index contributed by atoms with van der Waals surface area (Å²) < 4.78 is 0. The van der Waals surface area contributed by atoms with Crippen molar-refractivity contribution in [3.05, 3.63) is 29.6 Å². The molecule has 4 heteroatoms. The molecule has 0 aliphatic heterocycles. The second-order valence-corrected chi connectivity index (χ2v) is 4.71. The van der Waals surface area contributed by atoms with E-state index >= 15 is 0 Å². The molecule has 0 amide bonds. The Bertz CT molecular complexity index is 390. The van der Waals surface area contributed by atoms with E-state index in [2.05, 4.69) is 10.3 Å². The molecule has 16 heavy (non-hydrogen) atoms. The first kappa shape index (κ1) is 12.6. The molecular formula is C12H17N3O. The quantitative estimate of drug-likeness (QED) is 0.805. The van der Waals surface area contributed by atoms with Crippen LogP contribution in [0.1, 0.15) is 38.3 Å². The van der Waals surface area contributed by atoms with Gasteiger partial charge in [-0.15, -0.1) is 0 Å². The molecule has 0 bridgehead atoms. The molecule has 86 valence electrons. The summed E-state index contributed by atoms with van der Waals surface area (Å²) in [6, 6.07) is 7.01. The second kappa shape index (κ2) is 5.06. The van der Waals surface area contributed by atoms with Gasteiger partial charge in [0.2, 0.25) is 0 Å². The molecule has 1 aromatic heterocycles. The summed E-state index contributed by atoms with van der Waals surface area (Å²) in [6.07, 6.45) is -0.687. The summed E-state index contributed by atoms with van der Waals surface area (Å²) >= 11 is 0. The Morgan fingerprint density at radius 2 is 2.19 bits per heavy atom. The average Bonchev–Trinajstić information content (AvgIpc) is 2.25. The fourth-order valence-corrected chi connectivity index (χ4v) is 1.21. The number of pyridine rings is 1. The smallest absolute Gasteiger partial charge is 0.140 e. The van der Waals surface area contributed by atoms with Crippen LogP contribution in [0.3, 0.4) is 0 Å². The zero-order chi connectivity index (χ0) is 12.2. The summed E-state index contributed by atoms with van der Waals surface area (Å²) in [7, 11) is 0. The number of aromatic nitrogens is 1. The van der Waals surface area contributed by atoms with Crippen LogP contribution >= 0.6 is 0 Å². The van der Waals surface area contributed by atoms with Gasteiger partial charge in [0.15, 0.2) is 0 Å². The third-order valence-corrected chi connectivity index (χ3v) is 2.05. The second-order valence-electron chi connectivity index (χ2n) is 4.71. The van der Waals surface area contributed by atoms with Crippen LogP contribution in [-0.4, -0.2) is 22.2 Å². The Morgan fingerprint density at radius 1 is 1.50 bits per heavy atom. The van der Waals surface area contributed by atoms with Crippen molar-refractivity contribution in [1.82, 2.24) is 10.3 Å². The molecule has 0 radical (unpaired) electrons. The standard InChI is InChI=1S/C12H17N3O/c1-12(2,3)14-8-11(16)10-6-4-5-9(7-13)15-10/h4-6,11,14,16H,8H2,1-3H3/t11-/m0/s1. The summed E-state index contributed by atoms with van der Waals surface area (Å²) in [5.41, 5.74) is 0.802. The monoisotopic (exact) mass is 219 g/mol. The largest absolute Gasteiger partial charge is 0.385 e. The lowest BCUT2D eigenvalue weighted by Gasteiger charge is -2.22. The maximum Gasteiger partial charge on any atom is 0.140 e. The predicted octanol–water partition coefficient (Wildman–Crippen LogP) is 1.37. The van der Waals surface area contributed by atoms with E-state index in [0.29, 0.717) is 17.9 Å². The number of nitrogens with one attached hydrogen (secondary N) is 1. The molecule has 0 unspecified atom stereocenters. The van der Waals surface area contributed by atoms with E-state index in [1.165, 1.54) is 0 Å². The van der Waals surface area contributed by atoms with Crippen LogP contribution in [0.25, 0.3) is 0 Å². The zero-order valence-corrected chi connectivity index (χ0v) is 9.86. The Balaban J connectivity index is 2.66. The number of nitriles is 1. The Morgan fingerprint density at radius 3 is 2.75 bits per heavy atom. The summed E-state index contributed by atoms with van der Waals surface area (Å²) in [6.45, 7) is 6.50. The lowest BCUT2D eigenvalue weighted by molar-refractivity contribution is 0.159. The molecule has 1 rings (SSSR count). The van der Waals surface area contributed by atoms with E-state index in [9.17, 15) is 5.11 Å². The van der Waals surface area contributed by atoms with Gasteiger partial charge in [0.25, 0.3) is 0 Å². The first-order valence-electron chi connectivity index (χ1n) is 5.22.